The number of para-hydroxylation sites is 3. The van der Waals surface area contributed by atoms with Gasteiger partial charge in [0.05, 0.1) is 12.3 Å². The SMILES string of the molecule is OCC1CCCCN1Cc1ccc(CN2CCN(c3ccccc3Oc3ccccc3)CC2)s1. The van der Waals surface area contributed by atoms with Crippen molar-refractivity contribution in [2.24, 2.45) is 0 Å². The van der Waals surface area contributed by atoms with Gasteiger partial charge in [-0.25, -0.2) is 0 Å². The molecule has 2 saturated heterocycles. The van der Waals surface area contributed by atoms with Crippen LogP contribution in [0.2, 0.25) is 0 Å². The van der Waals surface area contributed by atoms with Crippen molar-refractivity contribution in [3.63, 3.8) is 0 Å². The van der Waals surface area contributed by atoms with Crippen LogP contribution < -0.4 is 9.64 Å². The van der Waals surface area contributed by atoms with E-state index in [1.54, 1.807) is 0 Å². The summed E-state index contributed by atoms with van der Waals surface area (Å²) in [7, 11) is 0. The largest absolute Gasteiger partial charge is 0.455 e. The van der Waals surface area contributed by atoms with Gasteiger partial charge in [0.15, 0.2) is 5.75 Å². The van der Waals surface area contributed by atoms with Gasteiger partial charge in [-0.05, 0) is 55.8 Å². The van der Waals surface area contributed by atoms with Crippen LogP contribution in [0, 0.1) is 0 Å². The van der Waals surface area contributed by atoms with Gasteiger partial charge in [0.25, 0.3) is 0 Å². The number of piperazine rings is 1. The maximum atomic E-state index is 9.70. The average Bonchev–Trinajstić information content (AvgIpc) is 3.32. The zero-order chi connectivity index (χ0) is 23.2. The lowest BCUT2D eigenvalue weighted by Gasteiger charge is -2.36. The Morgan fingerprint density at radius 1 is 0.794 bits per heavy atom. The van der Waals surface area contributed by atoms with Gasteiger partial charge in [0.2, 0.25) is 0 Å². The molecule has 5 rings (SSSR count). The van der Waals surface area contributed by atoms with Crippen LogP contribution in [-0.4, -0.2) is 60.3 Å². The molecule has 2 aliphatic heterocycles. The molecular formula is C28H35N3O2S. The summed E-state index contributed by atoms with van der Waals surface area (Å²) in [6, 6.07) is 23.3. The van der Waals surface area contributed by atoms with Crippen LogP contribution in [-0.2, 0) is 13.1 Å². The van der Waals surface area contributed by atoms with Crippen molar-refractivity contribution < 1.29 is 9.84 Å². The van der Waals surface area contributed by atoms with Crippen molar-refractivity contribution in [2.45, 2.75) is 38.4 Å². The van der Waals surface area contributed by atoms with Gasteiger partial charge in [-0.2, -0.15) is 0 Å². The Labute approximate surface area is 207 Å². The maximum Gasteiger partial charge on any atom is 0.150 e. The van der Waals surface area contributed by atoms with Crippen molar-refractivity contribution in [3.05, 3.63) is 76.5 Å². The summed E-state index contributed by atoms with van der Waals surface area (Å²) in [6.07, 6.45) is 3.61. The number of aliphatic hydroxyl groups is 1. The lowest BCUT2D eigenvalue weighted by Crippen LogP contribution is -2.45. The highest BCUT2D eigenvalue weighted by atomic mass is 32.1. The van der Waals surface area contributed by atoms with Gasteiger partial charge in [-0.1, -0.05) is 36.8 Å². The molecule has 34 heavy (non-hydrogen) atoms. The molecule has 1 unspecified atom stereocenters. The number of hydrogen-bond acceptors (Lipinski definition) is 6. The second-order valence-electron chi connectivity index (χ2n) is 9.32. The highest BCUT2D eigenvalue weighted by molar-refractivity contribution is 7.11. The summed E-state index contributed by atoms with van der Waals surface area (Å²) < 4.78 is 6.19. The number of hydrogen-bond donors (Lipinski definition) is 1. The van der Waals surface area contributed by atoms with E-state index in [1.165, 1.54) is 28.3 Å². The number of nitrogens with zero attached hydrogens (tertiary/aromatic N) is 3. The van der Waals surface area contributed by atoms with E-state index >= 15 is 0 Å². The number of piperidine rings is 1. The third-order valence-corrected chi connectivity index (χ3v) is 8.02. The van der Waals surface area contributed by atoms with E-state index in [0.29, 0.717) is 6.04 Å². The predicted octanol–water partition coefficient (Wildman–Crippen LogP) is 5.21. The molecule has 2 aromatic carbocycles. The van der Waals surface area contributed by atoms with E-state index in [1.807, 2.05) is 47.7 Å². The summed E-state index contributed by atoms with van der Waals surface area (Å²) in [5.41, 5.74) is 1.17. The molecule has 180 valence electrons. The number of thiophene rings is 1. The van der Waals surface area contributed by atoms with E-state index in [2.05, 4.69) is 45.0 Å². The summed E-state index contributed by atoms with van der Waals surface area (Å²) in [5.74, 6) is 1.79. The van der Waals surface area contributed by atoms with Crippen LogP contribution >= 0.6 is 11.3 Å². The summed E-state index contributed by atoms with van der Waals surface area (Å²) in [5, 5.41) is 9.70. The Bertz CT molecular complexity index is 1030. The third kappa shape index (κ3) is 5.81. The number of aliphatic hydroxyl groups excluding tert-OH is 1. The van der Waals surface area contributed by atoms with E-state index in [4.69, 9.17) is 4.74 Å². The van der Waals surface area contributed by atoms with Crippen molar-refractivity contribution in [1.82, 2.24) is 9.80 Å². The summed E-state index contributed by atoms with van der Waals surface area (Å²) >= 11 is 1.94. The molecule has 2 aliphatic rings. The minimum atomic E-state index is 0.280. The number of anilines is 1. The van der Waals surface area contributed by atoms with E-state index in [-0.39, 0.29) is 6.61 Å². The molecule has 0 radical (unpaired) electrons. The molecular weight excluding hydrogens is 442 g/mol. The van der Waals surface area contributed by atoms with Gasteiger partial charge in [-0.15, -0.1) is 11.3 Å². The van der Waals surface area contributed by atoms with Gasteiger partial charge < -0.3 is 14.7 Å². The Morgan fingerprint density at radius 3 is 2.32 bits per heavy atom. The first-order chi connectivity index (χ1) is 16.8. The van der Waals surface area contributed by atoms with Crippen LogP contribution in [0.1, 0.15) is 29.0 Å². The zero-order valence-electron chi connectivity index (χ0n) is 19.8. The van der Waals surface area contributed by atoms with Crippen LogP contribution in [0.3, 0.4) is 0 Å². The highest BCUT2D eigenvalue weighted by Gasteiger charge is 2.23. The van der Waals surface area contributed by atoms with Gasteiger partial charge in [0, 0.05) is 55.1 Å². The molecule has 5 nitrogen and oxygen atoms in total. The van der Waals surface area contributed by atoms with Crippen molar-refractivity contribution in [2.75, 3.05) is 44.2 Å². The van der Waals surface area contributed by atoms with Gasteiger partial charge in [-0.3, -0.25) is 9.80 Å². The lowest BCUT2D eigenvalue weighted by molar-refractivity contribution is 0.0850. The molecule has 0 aliphatic carbocycles. The summed E-state index contributed by atoms with van der Waals surface area (Å²) in [4.78, 5) is 10.3. The molecule has 2 fully saturated rings. The van der Waals surface area contributed by atoms with Crippen molar-refractivity contribution in [3.8, 4) is 11.5 Å². The molecule has 1 atom stereocenters. The predicted molar refractivity (Wildman–Crippen MR) is 140 cm³/mol. The molecule has 0 bridgehead atoms. The molecule has 0 amide bonds. The first-order valence-electron chi connectivity index (χ1n) is 12.5. The number of likely N-dealkylation sites (tertiary alicyclic amines) is 1. The second kappa shape index (κ2) is 11.4. The normalized spacial score (nSPS) is 19.9. The minimum Gasteiger partial charge on any atom is -0.455 e. The van der Waals surface area contributed by atoms with Crippen LogP contribution in [0.5, 0.6) is 11.5 Å². The topological polar surface area (TPSA) is 39.2 Å². The van der Waals surface area contributed by atoms with Crippen LogP contribution in [0.15, 0.2) is 66.7 Å². The monoisotopic (exact) mass is 477 g/mol. The molecule has 0 saturated carbocycles. The highest BCUT2D eigenvalue weighted by Crippen LogP contribution is 2.33. The standard InChI is InChI=1S/C28H35N3O2S/c32-22-23-8-6-7-15-31(23)21-26-14-13-25(34-26)20-29-16-18-30(19-17-29)27-11-4-5-12-28(27)33-24-9-2-1-3-10-24/h1-5,9-14,23,32H,6-8,15-22H2. The maximum absolute atomic E-state index is 9.70. The van der Waals surface area contributed by atoms with Crippen molar-refractivity contribution >= 4 is 17.0 Å². The Balaban J connectivity index is 1.15. The molecule has 6 heteroatoms. The first-order valence-corrected chi connectivity index (χ1v) is 13.3. The smallest absolute Gasteiger partial charge is 0.150 e. The first kappa shape index (κ1) is 23.4. The van der Waals surface area contributed by atoms with E-state index in [0.717, 1.165) is 63.7 Å². The summed E-state index contributed by atoms with van der Waals surface area (Å²) in [6.45, 7) is 7.47. The molecule has 3 aromatic rings. The fourth-order valence-corrected chi connectivity index (χ4v) is 6.14. The average molecular weight is 478 g/mol. The minimum absolute atomic E-state index is 0.280. The molecule has 1 aromatic heterocycles. The van der Waals surface area contributed by atoms with Crippen LogP contribution in [0.4, 0.5) is 5.69 Å². The second-order valence-corrected chi connectivity index (χ2v) is 10.6. The zero-order valence-corrected chi connectivity index (χ0v) is 20.6. The quantitative estimate of drug-likeness (QED) is 0.482. The van der Waals surface area contributed by atoms with Gasteiger partial charge >= 0.3 is 0 Å². The van der Waals surface area contributed by atoms with Gasteiger partial charge in [0.1, 0.15) is 5.75 Å². The Morgan fingerprint density at radius 2 is 1.53 bits per heavy atom. The molecule has 3 heterocycles. The number of benzene rings is 2. The number of rotatable bonds is 8. The van der Waals surface area contributed by atoms with E-state index in [9.17, 15) is 5.11 Å². The Hall–Kier alpha value is -2.38. The fourth-order valence-electron chi connectivity index (χ4n) is 5.05. The Kier molecular flexibility index (Phi) is 7.81. The fraction of sp³-hybridized carbons (Fsp3) is 0.429. The number of ether oxygens (including phenoxy) is 1. The van der Waals surface area contributed by atoms with Crippen molar-refractivity contribution in [1.29, 1.82) is 0 Å². The van der Waals surface area contributed by atoms with Crippen LogP contribution in [0.25, 0.3) is 0 Å². The third-order valence-electron chi connectivity index (χ3n) is 6.96. The molecule has 0 spiro atoms. The molecule has 1 N–H and O–H groups in total. The van der Waals surface area contributed by atoms with E-state index < -0.39 is 0 Å². The lowest BCUT2D eigenvalue weighted by atomic mass is 10.0.